The van der Waals surface area contributed by atoms with Crippen molar-refractivity contribution in [3.8, 4) is 5.75 Å². The third-order valence-electron chi connectivity index (χ3n) is 6.29. The van der Waals surface area contributed by atoms with E-state index in [1.165, 1.54) is 5.56 Å². The number of nitrogens with zero attached hydrogens (tertiary/aromatic N) is 1. The number of phenols is 1. The summed E-state index contributed by atoms with van der Waals surface area (Å²) >= 11 is 0. The highest BCUT2D eigenvalue weighted by Gasteiger charge is 2.55. The van der Waals surface area contributed by atoms with Gasteiger partial charge in [0.2, 0.25) is 0 Å². The zero-order chi connectivity index (χ0) is 14.8. The van der Waals surface area contributed by atoms with Crippen LogP contribution in [0.4, 0.5) is 0 Å². The van der Waals surface area contributed by atoms with Gasteiger partial charge in [-0.05, 0) is 56.8 Å². The first-order chi connectivity index (χ1) is 10.0. The van der Waals surface area contributed by atoms with Gasteiger partial charge in [0.1, 0.15) is 11.5 Å². The predicted octanol–water partition coefficient (Wildman–Crippen LogP) is 2.57. The summed E-state index contributed by atoms with van der Waals surface area (Å²) in [6.45, 7) is 2.99. The van der Waals surface area contributed by atoms with Gasteiger partial charge in [0.05, 0.1) is 0 Å². The number of hydrogen-bond acceptors (Lipinski definition) is 3. The van der Waals surface area contributed by atoms with Gasteiger partial charge in [-0.1, -0.05) is 12.1 Å². The van der Waals surface area contributed by atoms with Gasteiger partial charge in [0, 0.05) is 29.9 Å². The molecule has 2 bridgehead atoms. The highest BCUT2D eigenvalue weighted by molar-refractivity contribution is 5.82. The molecule has 21 heavy (non-hydrogen) atoms. The molecule has 112 valence electrons. The van der Waals surface area contributed by atoms with Crippen LogP contribution >= 0.6 is 0 Å². The van der Waals surface area contributed by atoms with Crippen molar-refractivity contribution < 1.29 is 9.90 Å². The van der Waals surface area contributed by atoms with Crippen LogP contribution in [-0.2, 0) is 16.6 Å². The molecule has 1 aromatic carbocycles. The lowest BCUT2D eigenvalue weighted by atomic mass is 9.52. The van der Waals surface area contributed by atoms with Crippen LogP contribution in [0.25, 0.3) is 0 Å². The molecule has 3 atom stereocenters. The molecule has 1 aliphatic heterocycles. The molecule has 1 N–H and O–H groups in total. The Morgan fingerprint density at radius 3 is 3.00 bits per heavy atom. The van der Waals surface area contributed by atoms with E-state index in [4.69, 9.17) is 0 Å². The second-order valence-electron chi connectivity index (χ2n) is 7.28. The minimum absolute atomic E-state index is 0.101. The summed E-state index contributed by atoms with van der Waals surface area (Å²) in [6.07, 6.45) is 4.35. The molecule has 1 unspecified atom stereocenters. The van der Waals surface area contributed by atoms with Gasteiger partial charge < -0.3 is 10.0 Å². The van der Waals surface area contributed by atoms with E-state index >= 15 is 0 Å². The lowest BCUT2D eigenvalue weighted by Gasteiger charge is -2.58. The fourth-order valence-electron chi connectivity index (χ4n) is 5.23. The van der Waals surface area contributed by atoms with Crippen molar-refractivity contribution in [1.82, 2.24) is 4.90 Å². The minimum Gasteiger partial charge on any atom is -0.507 e. The maximum atomic E-state index is 12.2. The Bertz CT molecular complexity index is 624. The van der Waals surface area contributed by atoms with Crippen LogP contribution in [0.1, 0.15) is 42.4 Å². The van der Waals surface area contributed by atoms with E-state index in [0.717, 1.165) is 43.4 Å². The number of aromatic hydroxyl groups is 1. The highest BCUT2D eigenvalue weighted by Crippen LogP contribution is 2.57. The average molecular weight is 285 g/mol. The summed E-state index contributed by atoms with van der Waals surface area (Å²) in [7, 11) is 2.21. The van der Waals surface area contributed by atoms with Gasteiger partial charge >= 0.3 is 0 Å². The molecule has 1 aromatic rings. The monoisotopic (exact) mass is 285 g/mol. The molecule has 3 nitrogen and oxygen atoms in total. The molecule has 1 saturated carbocycles. The minimum atomic E-state index is -0.101. The molecule has 3 aliphatic rings. The van der Waals surface area contributed by atoms with E-state index in [1.54, 1.807) is 0 Å². The third-order valence-corrected chi connectivity index (χ3v) is 6.29. The van der Waals surface area contributed by atoms with Crippen LogP contribution in [0.2, 0.25) is 0 Å². The van der Waals surface area contributed by atoms with E-state index in [0.29, 0.717) is 29.9 Å². The summed E-state index contributed by atoms with van der Waals surface area (Å²) in [4.78, 5) is 14.7. The number of carbonyl (C=O) groups excluding carboxylic acids is 1. The molecule has 1 heterocycles. The molecular weight excluding hydrogens is 262 g/mol. The molecule has 0 spiro atoms. The van der Waals surface area contributed by atoms with Gasteiger partial charge in [0.25, 0.3) is 0 Å². The zero-order valence-electron chi connectivity index (χ0n) is 12.9. The Kier molecular flexibility index (Phi) is 2.74. The lowest BCUT2D eigenvalue weighted by molar-refractivity contribution is -0.126. The molecule has 1 saturated heterocycles. The first-order valence-corrected chi connectivity index (χ1v) is 8.07. The number of hydrogen-bond donors (Lipinski definition) is 1. The Morgan fingerprint density at radius 1 is 1.38 bits per heavy atom. The second kappa shape index (κ2) is 4.33. The fraction of sp³-hybridized carbons (Fsp3) is 0.611. The van der Waals surface area contributed by atoms with Gasteiger partial charge in [-0.15, -0.1) is 0 Å². The van der Waals surface area contributed by atoms with Crippen LogP contribution in [0.5, 0.6) is 5.75 Å². The first kappa shape index (κ1) is 13.3. The molecule has 4 rings (SSSR count). The predicted molar refractivity (Wildman–Crippen MR) is 81.6 cm³/mol. The van der Waals surface area contributed by atoms with Crippen LogP contribution < -0.4 is 0 Å². The van der Waals surface area contributed by atoms with E-state index in [2.05, 4.69) is 18.0 Å². The van der Waals surface area contributed by atoms with Gasteiger partial charge in [-0.25, -0.2) is 0 Å². The standard InChI is InChI=1S/C18H23NO2/c1-11-3-4-12-9-15-14-6-5-13(20)10-18(14,7-8-19(15)2)16(12)17(11)21/h3-4,14-15,21H,5-10H2,1-2H3/t14?,15-,18+/m1/s1. The number of ketones is 1. The molecule has 2 aliphatic carbocycles. The number of rotatable bonds is 0. The highest BCUT2D eigenvalue weighted by atomic mass is 16.3. The summed E-state index contributed by atoms with van der Waals surface area (Å²) in [5.74, 6) is 1.35. The van der Waals surface area contributed by atoms with Crippen molar-refractivity contribution in [2.45, 2.75) is 50.5 Å². The summed E-state index contributed by atoms with van der Waals surface area (Å²) in [5.41, 5.74) is 3.22. The molecule has 2 fully saturated rings. The number of piperidine rings is 1. The maximum absolute atomic E-state index is 12.2. The van der Waals surface area contributed by atoms with Crippen molar-refractivity contribution in [2.75, 3.05) is 13.6 Å². The van der Waals surface area contributed by atoms with Crippen LogP contribution in [0.15, 0.2) is 12.1 Å². The van der Waals surface area contributed by atoms with Crippen molar-refractivity contribution >= 4 is 5.78 Å². The Labute approximate surface area is 126 Å². The Morgan fingerprint density at radius 2 is 2.19 bits per heavy atom. The number of carbonyl (C=O) groups is 1. The van der Waals surface area contributed by atoms with Crippen molar-refractivity contribution in [3.63, 3.8) is 0 Å². The second-order valence-corrected chi connectivity index (χ2v) is 7.28. The molecule has 3 heteroatoms. The van der Waals surface area contributed by atoms with E-state index in [-0.39, 0.29) is 5.41 Å². The topological polar surface area (TPSA) is 40.5 Å². The number of aryl methyl sites for hydroxylation is 1. The summed E-state index contributed by atoms with van der Waals surface area (Å²) in [6, 6.07) is 4.72. The zero-order valence-corrected chi connectivity index (χ0v) is 12.9. The lowest BCUT2D eigenvalue weighted by Crippen LogP contribution is -2.60. The van der Waals surface area contributed by atoms with Crippen LogP contribution in [-0.4, -0.2) is 35.4 Å². The molecule has 0 amide bonds. The number of Topliss-reactive ketones (excluding diaryl/α,β-unsaturated/α-hetero) is 1. The van der Waals surface area contributed by atoms with Gasteiger partial charge in [-0.3, -0.25) is 4.79 Å². The number of likely N-dealkylation sites (N-methyl/N-ethyl adjacent to an activating group) is 1. The molecular formula is C18H23NO2. The smallest absolute Gasteiger partial charge is 0.133 e. The van der Waals surface area contributed by atoms with Crippen LogP contribution in [0.3, 0.4) is 0 Å². The molecule has 0 aromatic heterocycles. The van der Waals surface area contributed by atoms with Gasteiger partial charge in [0.15, 0.2) is 0 Å². The van der Waals surface area contributed by atoms with E-state index < -0.39 is 0 Å². The van der Waals surface area contributed by atoms with E-state index in [9.17, 15) is 9.90 Å². The van der Waals surface area contributed by atoms with Crippen molar-refractivity contribution in [1.29, 1.82) is 0 Å². The normalized spacial score (nSPS) is 35.2. The van der Waals surface area contributed by atoms with Gasteiger partial charge in [-0.2, -0.15) is 0 Å². The first-order valence-electron chi connectivity index (χ1n) is 8.07. The SMILES string of the molecule is Cc1ccc2c(c1O)[C@]13CCN(C)[C@H](C2)C1CCC(=O)C3. The number of phenolic OH excluding ortho intramolecular Hbond substituents is 1. The maximum Gasteiger partial charge on any atom is 0.133 e. The van der Waals surface area contributed by atoms with Crippen LogP contribution in [0, 0.1) is 12.8 Å². The third kappa shape index (κ3) is 1.67. The van der Waals surface area contributed by atoms with Crippen molar-refractivity contribution in [3.05, 3.63) is 28.8 Å². The number of likely N-dealkylation sites (tertiary alicyclic amines) is 1. The summed E-state index contributed by atoms with van der Waals surface area (Å²) < 4.78 is 0. The Balaban J connectivity index is 1.96. The van der Waals surface area contributed by atoms with E-state index in [1.807, 2.05) is 13.0 Å². The number of benzene rings is 1. The number of fused-ring (bicyclic) bond motifs is 1. The van der Waals surface area contributed by atoms with Crippen molar-refractivity contribution in [2.24, 2.45) is 5.92 Å². The quantitative estimate of drug-likeness (QED) is 0.796. The largest absolute Gasteiger partial charge is 0.507 e. The summed E-state index contributed by atoms with van der Waals surface area (Å²) in [5, 5.41) is 10.7. The fourth-order valence-corrected chi connectivity index (χ4v) is 5.23. The average Bonchev–Trinajstić information content (AvgIpc) is 2.46. The Hall–Kier alpha value is -1.35. The molecule has 0 radical (unpaired) electrons.